The Morgan fingerprint density at radius 3 is 2.52 bits per heavy atom. The van der Waals surface area contributed by atoms with Crippen molar-refractivity contribution in [2.75, 3.05) is 17.2 Å². The normalized spacial score (nSPS) is 10.1. The summed E-state index contributed by atoms with van der Waals surface area (Å²) >= 11 is 0. The lowest BCUT2D eigenvalue weighted by Gasteiger charge is -2.11. The Morgan fingerprint density at radius 2 is 1.74 bits per heavy atom. The molecular formula is C21H19N3O3. The Morgan fingerprint density at radius 1 is 1.00 bits per heavy atom. The van der Waals surface area contributed by atoms with Gasteiger partial charge < -0.3 is 15.4 Å². The Labute approximate surface area is 157 Å². The van der Waals surface area contributed by atoms with E-state index in [1.54, 1.807) is 49.5 Å². The minimum Gasteiger partial charge on any atom is -0.462 e. The second-order valence-electron chi connectivity index (χ2n) is 5.64. The Hall–Kier alpha value is -3.67. The highest BCUT2D eigenvalue weighted by Crippen LogP contribution is 2.19. The number of anilines is 3. The van der Waals surface area contributed by atoms with E-state index in [2.05, 4.69) is 15.6 Å². The van der Waals surface area contributed by atoms with E-state index in [4.69, 9.17) is 4.74 Å². The molecule has 0 saturated carbocycles. The van der Waals surface area contributed by atoms with Crippen LogP contribution in [0.3, 0.4) is 0 Å². The van der Waals surface area contributed by atoms with Gasteiger partial charge in [-0.15, -0.1) is 0 Å². The molecule has 0 atom stereocenters. The largest absolute Gasteiger partial charge is 0.462 e. The fourth-order valence-corrected chi connectivity index (χ4v) is 2.48. The summed E-state index contributed by atoms with van der Waals surface area (Å²) in [5.74, 6) is -0.271. The van der Waals surface area contributed by atoms with Crippen molar-refractivity contribution in [1.29, 1.82) is 0 Å². The van der Waals surface area contributed by atoms with E-state index in [1.807, 2.05) is 30.3 Å². The zero-order valence-electron chi connectivity index (χ0n) is 14.8. The third-order valence-electron chi connectivity index (χ3n) is 3.74. The molecule has 3 rings (SSSR count). The predicted molar refractivity (Wildman–Crippen MR) is 104 cm³/mol. The van der Waals surface area contributed by atoms with Gasteiger partial charge in [0, 0.05) is 17.4 Å². The van der Waals surface area contributed by atoms with Gasteiger partial charge in [-0.25, -0.2) is 9.78 Å². The van der Waals surface area contributed by atoms with Crippen LogP contribution in [0.25, 0.3) is 0 Å². The number of nitrogens with zero attached hydrogens (tertiary/aromatic N) is 1. The zero-order chi connectivity index (χ0) is 19.1. The fraction of sp³-hybridized carbons (Fsp3) is 0.0952. The Balaban J connectivity index is 1.77. The van der Waals surface area contributed by atoms with Crippen LogP contribution >= 0.6 is 0 Å². The third kappa shape index (κ3) is 4.70. The number of carbonyl (C=O) groups excluding carboxylic acids is 2. The number of nitrogens with one attached hydrogen (secondary N) is 2. The van der Waals surface area contributed by atoms with Crippen LogP contribution in [-0.4, -0.2) is 23.5 Å². The van der Waals surface area contributed by atoms with E-state index >= 15 is 0 Å². The maximum Gasteiger partial charge on any atom is 0.340 e. The molecule has 0 fully saturated rings. The van der Waals surface area contributed by atoms with Crippen molar-refractivity contribution in [1.82, 2.24) is 4.98 Å². The quantitative estimate of drug-likeness (QED) is 0.642. The molecule has 0 radical (unpaired) electrons. The van der Waals surface area contributed by atoms with Gasteiger partial charge in [0.25, 0.3) is 5.91 Å². The summed E-state index contributed by atoms with van der Waals surface area (Å²) in [5.41, 5.74) is 2.00. The molecule has 0 aliphatic heterocycles. The average molecular weight is 361 g/mol. The summed E-state index contributed by atoms with van der Waals surface area (Å²) in [7, 11) is 0. The predicted octanol–water partition coefficient (Wildman–Crippen LogP) is 4.25. The van der Waals surface area contributed by atoms with E-state index in [9.17, 15) is 9.59 Å². The number of ether oxygens (including phenoxy) is 1. The molecule has 0 bridgehead atoms. The molecule has 0 saturated heterocycles. The minimum absolute atomic E-state index is 0.264. The maximum atomic E-state index is 12.6. The number of benzene rings is 2. The van der Waals surface area contributed by atoms with Gasteiger partial charge in [-0.1, -0.05) is 30.3 Å². The molecule has 2 aromatic carbocycles. The molecule has 0 aliphatic rings. The smallest absolute Gasteiger partial charge is 0.340 e. The van der Waals surface area contributed by atoms with Crippen molar-refractivity contribution < 1.29 is 14.3 Å². The standard InChI is InChI=1S/C21H19N3O3/c1-2-27-21(26)17-10-6-7-11-18(17)24-20(25)15-12-13-22-19(14-15)23-16-8-4-3-5-9-16/h3-14H,2H2,1H3,(H,22,23)(H,24,25). The van der Waals surface area contributed by atoms with Gasteiger partial charge in [-0.2, -0.15) is 0 Å². The highest BCUT2D eigenvalue weighted by atomic mass is 16.5. The third-order valence-corrected chi connectivity index (χ3v) is 3.74. The molecule has 6 nitrogen and oxygen atoms in total. The average Bonchev–Trinajstić information content (AvgIpc) is 2.69. The molecule has 3 aromatic rings. The van der Waals surface area contributed by atoms with E-state index in [0.29, 0.717) is 22.6 Å². The molecule has 0 aliphatic carbocycles. The number of aromatic nitrogens is 1. The first kappa shape index (κ1) is 18.1. The molecular weight excluding hydrogens is 342 g/mol. The van der Waals surface area contributed by atoms with Crippen molar-refractivity contribution in [2.24, 2.45) is 0 Å². The fourth-order valence-electron chi connectivity index (χ4n) is 2.48. The van der Waals surface area contributed by atoms with Gasteiger partial charge in [-0.3, -0.25) is 4.79 Å². The molecule has 1 amide bonds. The summed E-state index contributed by atoms with van der Waals surface area (Å²) in [5, 5.41) is 5.91. The van der Waals surface area contributed by atoms with E-state index < -0.39 is 5.97 Å². The van der Waals surface area contributed by atoms with E-state index in [1.165, 1.54) is 0 Å². The molecule has 0 spiro atoms. The topological polar surface area (TPSA) is 80.3 Å². The maximum absolute atomic E-state index is 12.6. The Kier molecular flexibility index (Phi) is 5.79. The highest BCUT2D eigenvalue weighted by Gasteiger charge is 2.15. The summed E-state index contributed by atoms with van der Waals surface area (Å²) < 4.78 is 5.03. The Bertz CT molecular complexity index is 942. The molecule has 1 heterocycles. The molecule has 27 heavy (non-hydrogen) atoms. The van der Waals surface area contributed by atoms with Crippen molar-refractivity contribution in [3.63, 3.8) is 0 Å². The highest BCUT2D eigenvalue weighted by molar-refractivity contribution is 6.08. The van der Waals surface area contributed by atoms with Crippen LogP contribution in [0.15, 0.2) is 72.9 Å². The van der Waals surface area contributed by atoms with Crippen LogP contribution in [0, 0.1) is 0 Å². The lowest BCUT2D eigenvalue weighted by Crippen LogP contribution is -2.16. The summed E-state index contributed by atoms with van der Waals surface area (Å²) in [6, 6.07) is 19.5. The van der Waals surface area contributed by atoms with Crippen LogP contribution in [0.1, 0.15) is 27.6 Å². The first-order valence-electron chi connectivity index (χ1n) is 8.53. The number of hydrogen-bond acceptors (Lipinski definition) is 5. The first-order valence-corrected chi connectivity index (χ1v) is 8.53. The number of para-hydroxylation sites is 2. The van der Waals surface area contributed by atoms with Crippen molar-refractivity contribution in [2.45, 2.75) is 6.92 Å². The SMILES string of the molecule is CCOC(=O)c1ccccc1NC(=O)c1ccnc(Nc2ccccc2)c1. The molecule has 1 aromatic heterocycles. The molecule has 0 unspecified atom stereocenters. The second kappa shape index (κ2) is 8.62. The lowest BCUT2D eigenvalue weighted by atomic mass is 10.1. The van der Waals surface area contributed by atoms with Crippen LogP contribution in [0.2, 0.25) is 0 Å². The number of rotatable bonds is 6. The van der Waals surface area contributed by atoms with E-state index in [0.717, 1.165) is 5.69 Å². The summed E-state index contributed by atoms with van der Waals surface area (Å²) in [6.45, 7) is 2.00. The van der Waals surface area contributed by atoms with E-state index in [-0.39, 0.29) is 12.5 Å². The molecule has 136 valence electrons. The van der Waals surface area contributed by atoms with Gasteiger partial charge in [0.05, 0.1) is 17.9 Å². The van der Waals surface area contributed by atoms with Crippen molar-refractivity contribution in [3.05, 3.63) is 84.1 Å². The number of hydrogen-bond donors (Lipinski definition) is 2. The van der Waals surface area contributed by atoms with Crippen LogP contribution < -0.4 is 10.6 Å². The molecule has 6 heteroatoms. The summed E-state index contributed by atoms with van der Waals surface area (Å²) in [4.78, 5) is 28.9. The lowest BCUT2D eigenvalue weighted by molar-refractivity contribution is 0.0527. The molecule has 2 N–H and O–H groups in total. The van der Waals surface area contributed by atoms with Crippen molar-refractivity contribution >= 4 is 29.1 Å². The number of carbonyl (C=O) groups is 2. The van der Waals surface area contributed by atoms with Crippen molar-refractivity contribution in [3.8, 4) is 0 Å². The van der Waals surface area contributed by atoms with Crippen LogP contribution in [-0.2, 0) is 4.74 Å². The van der Waals surface area contributed by atoms with Crippen LogP contribution in [0.5, 0.6) is 0 Å². The van der Waals surface area contributed by atoms with Gasteiger partial charge in [0.2, 0.25) is 0 Å². The summed E-state index contributed by atoms with van der Waals surface area (Å²) in [6.07, 6.45) is 1.55. The number of amides is 1. The van der Waals surface area contributed by atoms with Gasteiger partial charge in [-0.05, 0) is 43.3 Å². The second-order valence-corrected chi connectivity index (χ2v) is 5.64. The number of esters is 1. The monoisotopic (exact) mass is 361 g/mol. The zero-order valence-corrected chi connectivity index (χ0v) is 14.8. The van der Waals surface area contributed by atoms with Gasteiger partial charge >= 0.3 is 5.97 Å². The first-order chi connectivity index (χ1) is 13.2. The minimum atomic E-state index is -0.477. The van der Waals surface area contributed by atoms with Gasteiger partial charge in [0.15, 0.2) is 0 Å². The van der Waals surface area contributed by atoms with Gasteiger partial charge in [0.1, 0.15) is 5.82 Å². The number of pyridine rings is 1. The van der Waals surface area contributed by atoms with Crippen LogP contribution in [0.4, 0.5) is 17.2 Å².